The summed E-state index contributed by atoms with van der Waals surface area (Å²) in [6.07, 6.45) is 1.79. The van der Waals surface area contributed by atoms with E-state index < -0.39 is 5.92 Å². The lowest BCUT2D eigenvalue weighted by molar-refractivity contribution is -0.126. The van der Waals surface area contributed by atoms with Crippen molar-refractivity contribution in [3.05, 3.63) is 59.7 Å². The summed E-state index contributed by atoms with van der Waals surface area (Å²) in [6.45, 7) is 6.82. The molecule has 2 aromatic carbocycles. The second kappa shape index (κ2) is 8.47. The number of methoxy groups -OCH3 is 1. The summed E-state index contributed by atoms with van der Waals surface area (Å²) in [7, 11) is 1.59. The van der Waals surface area contributed by atoms with E-state index in [9.17, 15) is 9.59 Å². The first-order chi connectivity index (χ1) is 13.8. The lowest BCUT2D eigenvalue weighted by Gasteiger charge is -2.18. The third kappa shape index (κ3) is 5.02. The molecule has 0 saturated carbocycles. The second-order valence-electron chi connectivity index (χ2n) is 8.21. The molecule has 1 N–H and O–H groups in total. The number of rotatable bonds is 5. The standard InChI is InChI=1S/C23H27N3O3/c1-23(2,3)18-7-5-16(6-8-18)14-24-25-22(28)17-13-21(27)26(15-17)19-9-11-20(29-4)12-10-19/h5-12,14,17H,13,15H2,1-4H3,(H,25,28)/b24-14+/t17-/m0/s1. The van der Waals surface area contributed by atoms with E-state index in [1.165, 1.54) is 5.56 Å². The Balaban J connectivity index is 1.57. The molecule has 1 saturated heterocycles. The molecule has 2 aromatic rings. The normalized spacial score (nSPS) is 17.0. The molecular weight excluding hydrogens is 366 g/mol. The maximum absolute atomic E-state index is 12.4. The van der Waals surface area contributed by atoms with Crippen LogP contribution < -0.4 is 15.1 Å². The van der Waals surface area contributed by atoms with Gasteiger partial charge in [-0.25, -0.2) is 5.43 Å². The number of carbonyl (C=O) groups is 2. The summed E-state index contributed by atoms with van der Waals surface area (Å²) >= 11 is 0. The van der Waals surface area contributed by atoms with E-state index in [1.807, 2.05) is 24.3 Å². The van der Waals surface area contributed by atoms with Crippen LogP contribution in [-0.4, -0.2) is 31.7 Å². The van der Waals surface area contributed by atoms with E-state index in [-0.39, 0.29) is 23.7 Å². The highest BCUT2D eigenvalue weighted by atomic mass is 16.5. The molecule has 152 valence electrons. The molecule has 2 amide bonds. The summed E-state index contributed by atoms with van der Waals surface area (Å²) < 4.78 is 5.14. The van der Waals surface area contributed by atoms with E-state index in [1.54, 1.807) is 30.4 Å². The van der Waals surface area contributed by atoms with Crippen LogP contribution in [-0.2, 0) is 15.0 Å². The molecule has 0 bridgehead atoms. The summed E-state index contributed by atoms with van der Waals surface area (Å²) in [5, 5.41) is 4.05. The third-order valence-electron chi connectivity index (χ3n) is 5.04. The number of hydrogen-bond donors (Lipinski definition) is 1. The Kier molecular flexibility index (Phi) is 6.01. The Morgan fingerprint density at radius 2 is 1.79 bits per heavy atom. The van der Waals surface area contributed by atoms with E-state index in [2.05, 4.69) is 43.4 Å². The molecule has 0 aliphatic carbocycles. The Bertz CT molecular complexity index is 896. The van der Waals surface area contributed by atoms with Crippen LogP contribution in [0.15, 0.2) is 53.6 Å². The van der Waals surface area contributed by atoms with Gasteiger partial charge in [0.1, 0.15) is 5.75 Å². The molecule has 1 atom stereocenters. The van der Waals surface area contributed by atoms with E-state index in [4.69, 9.17) is 4.74 Å². The molecule has 6 nitrogen and oxygen atoms in total. The van der Waals surface area contributed by atoms with E-state index in [0.29, 0.717) is 6.54 Å². The van der Waals surface area contributed by atoms with Gasteiger partial charge in [0.25, 0.3) is 0 Å². The molecule has 0 spiro atoms. The fraction of sp³-hybridized carbons (Fsp3) is 0.348. The van der Waals surface area contributed by atoms with Gasteiger partial charge in [-0.1, -0.05) is 45.0 Å². The molecule has 0 aromatic heterocycles. The summed E-state index contributed by atoms with van der Waals surface area (Å²) in [4.78, 5) is 26.4. The van der Waals surface area contributed by atoms with Crippen molar-refractivity contribution in [2.45, 2.75) is 32.6 Å². The molecule has 29 heavy (non-hydrogen) atoms. The number of benzene rings is 2. The highest BCUT2D eigenvalue weighted by molar-refractivity contribution is 6.00. The van der Waals surface area contributed by atoms with Gasteiger partial charge in [0.2, 0.25) is 11.8 Å². The van der Waals surface area contributed by atoms with Crippen LogP contribution >= 0.6 is 0 Å². The van der Waals surface area contributed by atoms with Crippen molar-refractivity contribution in [3.63, 3.8) is 0 Å². The number of hydrazone groups is 1. The van der Waals surface area contributed by atoms with Gasteiger partial charge < -0.3 is 9.64 Å². The fourth-order valence-corrected chi connectivity index (χ4v) is 3.23. The first kappa shape index (κ1) is 20.6. The zero-order valence-electron chi connectivity index (χ0n) is 17.3. The zero-order chi connectivity index (χ0) is 21.0. The molecular formula is C23H27N3O3. The third-order valence-corrected chi connectivity index (χ3v) is 5.04. The average molecular weight is 393 g/mol. The number of amides is 2. The Morgan fingerprint density at radius 1 is 1.14 bits per heavy atom. The predicted octanol–water partition coefficient (Wildman–Crippen LogP) is 3.50. The summed E-state index contributed by atoms with van der Waals surface area (Å²) in [6, 6.07) is 15.3. The molecule has 0 unspecified atom stereocenters. The molecule has 6 heteroatoms. The fourth-order valence-electron chi connectivity index (χ4n) is 3.23. The monoisotopic (exact) mass is 393 g/mol. The van der Waals surface area contributed by atoms with Crippen LogP contribution in [0.3, 0.4) is 0 Å². The Hall–Kier alpha value is -3.15. The van der Waals surface area contributed by atoms with Crippen molar-refractivity contribution >= 4 is 23.7 Å². The largest absolute Gasteiger partial charge is 0.497 e. The molecule has 1 heterocycles. The van der Waals surface area contributed by atoms with Crippen molar-refractivity contribution in [2.75, 3.05) is 18.6 Å². The minimum absolute atomic E-state index is 0.0722. The molecule has 3 rings (SSSR count). The van der Waals surface area contributed by atoms with Gasteiger partial charge in [0.05, 0.1) is 19.2 Å². The lowest BCUT2D eigenvalue weighted by atomic mass is 9.87. The minimum Gasteiger partial charge on any atom is -0.497 e. The number of nitrogens with zero attached hydrogens (tertiary/aromatic N) is 2. The predicted molar refractivity (Wildman–Crippen MR) is 114 cm³/mol. The highest BCUT2D eigenvalue weighted by Gasteiger charge is 2.35. The van der Waals surface area contributed by atoms with Crippen molar-refractivity contribution in [1.29, 1.82) is 0 Å². The van der Waals surface area contributed by atoms with Crippen molar-refractivity contribution < 1.29 is 14.3 Å². The first-order valence-electron chi connectivity index (χ1n) is 9.66. The van der Waals surface area contributed by atoms with Crippen molar-refractivity contribution in [1.82, 2.24) is 5.43 Å². The number of anilines is 1. The van der Waals surface area contributed by atoms with Gasteiger partial charge in [-0.3, -0.25) is 9.59 Å². The van der Waals surface area contributed by atoms with Gasteiger partial charge in [0.15, 0.2) is 0 Å². The van der Waals surface area contributed by atoms with Gasteiger partial charge in [-0.2, -0.15) is 5.10 Å². The lowest BCUT2D eigenvalue weighted by Crippen LogP contribution is -2.30. The summed E-state index contributed by atoms with van der Waals surface area (Å²) in [5.74, 6) is -0.0291. The van der Waals surface area contributed by atoms with E-state index in [0.717, 1.165) is 17.0 Å². The Morgan fingerprint density at radius 3 is 2.38 bits per heavy atom. The maximum atomic E-state index is 12.4. The van der Waals surface area contributed by atoms with Gasteiger partial charge in [0, 0.05) is 18.7 Å². The number of carbonyl (C=O) groups excluding carboxylic acids is 2. The minimum atomic E-state index is -0.426. The van der Waals surface area contributed by atoms with Crippen LogP contribution in [0.1, 0.15) is 38.3 Å². The number of nitrogens with one attached hydrogen (secondary N) is 1. The van der Waals surface area contributed by atoms with Crippen LogP contribution in [0.5, 0.6) is 5.75 Å². The highest BCUT2D eigenvalue weighted by Crippen LogP contribution is 2.27. The topological polar surface area (TPSA) is 71.0 Å². The molecule has 1 aliphatic rings. The SMILES string of the molecule is COc1ccc(N2C[C@@H](C(=O)N/N=C/c3ccc(C(C)(C)C)cc3)CC2=O)cc1. The van der Waals surface area contributed by atoms with Crippen LogP contribution in [0, 0.1) is 5.92 Å². The molecule has 1 fully saturated rings. The smallest absolute Gasteiger partial charge is 0.245 e. The number of hydrogen-bond acceptors (Lipinski definition) is 4. The van der Waals surface area contributed by atoms with Crippen LogP contribution in [0.2, 0.25) is 0 Å². The zero-order valence-corrected chi connectivity index (χ0v) is 17.3. The summed E-state index contributed by atoms with van der Waals surface area (Å²) in [5.41, 5.74) is 5.55. The second-order valence-corrected chi connectivity index (χ2v) is 8.21. The average Bonchev–Trinajstić information content (AvgIpc) is 3.09. The van der Waals surface area contributed by atoms with Crippen LogP contribution in [0.25, 0.3) is 0 Å². The van der Waals surface area contributed by atoms with E-state index >= 15 is 0 Å². The van der Waals surface area contributed by atoms with Gasteiger partial charge in [-0.15, -0.1) is 0 Å². The quantitative estimate of drug-likeness (QED) is 0.624. The van der Waals surface area contributed by atoms with Gasteiger partial charge >= 0.3 is 0 Å². The van der Waals surface area contributed by atoms with Gasteiger partial charge in [-0.05, 0) is 40.8 Å². The van der Waals surface area contributed by atoms with Crippen molar-refractivity contribution in [3.8, 4) is 5.75 Å². The first-order valence-corrected chi connectivity index (χ1v) is 9.66. The maximum Gasteiger partial charge on any atom is 0.245 e. The van der Waals surface area contributed by atoms with Crippen molar-refractivity contribution in [2.24, 2.45) is 11.0 Å². The van der Waals surface area contributed by atoms with Crippen LogP contribution in [0.4, 0.5) is 5.69 Å². The number of ether oxygens (including phenoxy) is 1. The molecule has 1 aliphatic heterocycles. The molecule has 0 radical (unpaired) electrons. The Labute approximate surface area is 171 Å².